The fourth-order valence-corrected chi connectivity index (χ4v) is 4.46. The van der Waals surface area contributed by atoms with E-state index in [9.17, 15) is 18.3 Å². The van der Waals surface area contributed by atoms with Crippen molar-refractivity contribution in [1.29, 1.82) is 0 Å². The van der Waals surface area contributed by atoms with Crippen LogP contribution in [0.4, 0.5) is 0 Å². The van der Waals surface area contributed by atoms with E-state index in [4.69, 9.17) is 0 Å². The van der Waals surface area contributed by atoms with Gasteiger partial charge in [-0.15, -0.1) is 0 Å². The summed E-state index contributed by atoms with van der Waals surface area (Å²) in [5.41, 5.74) is -0.186. The monoisotopic (exact) mass is 366 g/mol. The van der Waals surface area contributed by atoms with Gasteiger partial charge in [0.15, 0.2) is 0 Å². The predicted octanol–water partition coefficient (Wildman–Crippen LogP) is 1.07. The highest BCUT2D eigenvalue weighted by Gasteiger charge is 2.45. The zero-order valence-corrected chi connectivity index (χ0v) is 15.3. The van der Waals surface area contributed by atoms with Gasteiger partial charge in [-0.1, -0.05) is 30.3 Å². The van der Waals surface area contributed by atoms with Crippen LogP contribution in [-0.2, 0) is 20.4 Å². The van der Waals surface area contributed by atoms with Crippen LogP contribution in [0.2, 0.25) is 0 Å². The van der Waals surface area contributed by atoms with Crippen LogP contribution >= 0.6 is 0 Å². The van der Waals surface area contributed by atoms with Crippen molar-refractivity contribution in [1.82, 2.24) is 9.62 Å². The van der Waals surface area contributed by atoms with E-state index in [-0.39, 0.29) is 24.3 Å². The Bertz CT molecular complexity index is 710. The first-order valence-electron chi connectivity index (χ1n) is 8.81. The summed E-state index contributed by atoms with van der Waals surface area (Å²) in [4.78, 5) is 12.5. The van der Waals surface area contributed by atoms with Crippen molar-refractivity contribution in [2.75, 3.05) is 25.9 Å². The van der Waals surface area contributed by atoms with Gasteiger partial charge >= 0.3 is 0 Å². The number of hydrogen-bond acceptors (Lipinski definition) is 4. The molecule has 1 aliphatic carbocycles. The fraction of sp³-hybridized carbons (Fsp3) is 0.611. The molecule has 1 amide bonds. The van der Waals surface area contributed by atoms with Crippen LogP contribution < -0.4 is 5.32 Å². The van der Waals surface area contributed by atoms with Gasteiger partial charge in [0.2, 0.25) is 15.9 Å². The number of carbonyl (C=O) groups excluding carboxylic acids is 1. The van der Waals surface area contributed by atoms with E-state index in [0.717, 1.165) is 18.4 Å². The SMILES string of the molecule is CS(=O)(=O)N1CCC(C(=O)NC[C@](O)(c2ccccc2)C2CC2)CC1. The molecule has 2 N–H and O–H groups in total. The van der Waals surface area contributed by atoms with E-state index >= 15 is 0 Å². The molecule has 1 heterocycles. The summed E-state index contributed by atoms with van der Waals surface area (Å²) in [6.07, 6.45) is 4.17. The fourth-order valence-electron chi connectivity index (χ4n) is 3.59. The highest BCUT2D eigenvalue weighted by Crippen LogP contribution is 2.45. The molecule has 0 radical (unpaired) electrons. The Morgan fingerprint density at radius 3 is 2.32 bits per heavy atom. The standard InChI is InChI=1S/C18H26N2O4S/c1-25(23,24)20-11-9-14(10-12-20)17(21)19-13-18(22,16-7-8-16)15-5-3-2-4-6-15/h2-6,14,16,22H,7-13H2,1H3,(H,19,21)/t18-/m0/s1. The molecule has 1 saturated carbocycles. The average Bonchev–Trinajstić information content (AvgIpc) is 3.45. The van der Waals surface area contributed by atoms with E-state index in [1.165, 1.54) is 10.6 Å². The molecule has 1 aromatic carbocycles. The Labute approximate surface area is 149 Å². The Morgan fingerprint density at radius 2 is 1.80 bits per heavy atom. The zero-order chi connectivity index (χ0) is 18.1. The maximum atomic E-state index is 12.5. The summed E-state index contributed by atoms with van der Waals surface area (Å²) >= 11 is 0. The molecule has 7 heteroatoms. The lowest BCUT2D eigenvalue weighted by molar-refractivity contribution is -0.127. The third-order valence-electron chi connectivity index (χ3n) is 5.35. The molecule has 1 aliphatic heterocycles. The van der Waals surface area contributed by atoms with Gasteiger partial charge < -0.3 is 10.4 Å². The van der Waals surface area contributed by atoms with Crippen molar-refractivity contribution in [2.45, 2.75) is 31.3 Å². The number of nitrogens with one attached hydrogen (secondary N) is 1. The van der Waals surface area contributed by atoms with Crippen molar-refractivity contribution in [2.24, 2.45) is 11.8 Å². The number of aliphatic hydroxyl groups is 1. The lowest BCUT2D eigenvalue weighted by Gasteiger charge is -2.32. The van der Waals surface area contributed by atoms with Gasteiger partial charge in [-0.05, 0) is 37.2 Å². The summed E-state index contributed by atoms with van der Waals surface area (Å²) in [6.45, 7) is 0.956. The number of piperidine rings is 1. The van der Waals surface area contributed by atoms with Gasteiger partial charge in [0.05, 0.1) is 12.8 Å². The summed E-state index contributed by atoms with van der Waals surface area (Å²) in [6, 6.07) is 9.49. The summed E-state index contributed by atoms with van der Waals surface area (Å²) in [5, 5.41) is 14.0. The molecule has 3 rings (SSSR count). The molecular weight excluding hydrogens is 340 g/mol. The third kappa shape index (κ3) is 4.22. The van der Waals surface area contributed by atoms with E-state index in [0.29, 0.717) is 25.9 Å². The van der Waals surface area contributed by atoms with Gasteiger partial charge in [-0.2, -0.15) is 0 Å². The zero-order valence-electron chi connectivity index (χ0n) is 14.5. The van der Waals surface area contributed by atoms with Crippen LogP contribution in [-0.4, -0.2) is 49.6 Å². The Morgan fingerprint density at radius 1 is 1.20 bits per heavy atom. The highest BCUT2D eigenvalue weighted by molar-refractivity contribution is 7.88. The van der Waals surface area contributed by atoms with Gasteiger partial charge in [-0.3, -0.25) is 4.79 Å². The minimum atomic E-state index is -3.19. The third-order valence-corrected chi connectivity index (χ3v) is 6.66. The van der Waals surface area contributed by atoms with Crippen molar-refractivity contribution in [3.8, 4) is 0 Å². The van der Waals surface area contributed by atoms with E-state index in [1.54, 1.807) is 0 Å². The first-order valence-corrected chi connectivity index (χ1v) is 10.7. The molecule has 1 atom stereocenters. The molecule has 0 unspecified atom stereocenters. The van der Waals surface area contributed by atoms with Gasteiger partial charge in [0, 0.05) is 19.0 Å². The number of rotatable bonds is 6. The molecule has 6 nitrogen and oxygen atoms in total. The summed E-state index contributed by atoms with van der Waals surface area (Å²) in [5.74, 6) is -0.109. The molecule has 1 aromatic rings. The van der Waals surface area contributed by atoms with E-state index < -0.39 is 15.6 Å². The number of carbonyl (C=O) groups is 1. The quantitative estimate of drug-likeness (QED) is 0.789. The topological polar surface area (TPSA) is 86.7 Å². The molecule has 25 heavy (non-hydrogen) atoms. The highest BCUT2D eigenvalue weighted by atomic mass is 32.2. The Balaban J connectivity index is 1.58. The van der Waals surface area contributed by atoms with Crippen LogP contribution in [0.1, 0.15) is 31.2 Å². The molecule has 2 fully saturated rings. The van der Waals surface area contributed by atoms with Gasteiger partial charge in [-0.25, -0.2) is 12.7 Å². The second-order valence-corrected chi connectivity index (χ2v) is 9.20. The molecule has 2 aliphatic rings. The second kappa shape index (κ2) is 7.05. The minimum Gasteiger partial charge on any atom is -0.383 e. The van der Waals surface area contributed by atoms with Crippen molar-refractivity contribution < 1.29 is 18.3 Å². The van der Waals surface area contributed by atoms with Crippen LogP contribution in [0.5, 0.6) is 0 Å². The van der Waals surface area contributed by atoms with Crippen molar-refractivity contribution in [3.05, 3.63) is 35.9 Å². The maximum Gasteiger partial charge on any atom is 0.223 e. The Kier molecular flexibility index (Phi) is 5.18. The van der Waals surface area contributed by atoms with Crippen molar-refractivity contribution >= 4 is 15.9 Å². The molecule has 138 valence electrons. The number of benzene rings is 1. The Hall–Kier alpha value is -1.44. The van der Waals surface area contributed by atoms with Gasteiger partial charge in [0.1, 0.15) is 5.60 Å². The van der Waals surface area contributed by atoms with Crippen LogP contribution in [0.25, 0.3) is 0 Å². The van der Waals surface area contributed by atoms with E-state index in [1.807, 2.05) is 30.3 Å². The summed E-state index contributed by atoms with van der Waals surface area (Å²) in [7, 11) is -3.19. The molecule has 0 aromatic heterocycles. The molecule has 1 saturated heterocycles. The number of amides is 1. The lowest BCUT2D eigenvalue weighted by atomic mass is 9.88. The number of hydrogen-bond donors (Lipinski definition) is 2. The average molecular weight is 366 g/mol. The predicted molar refractivity (Wildman–Crippen MR) is 95.2 cm³/mol. The van der Waals surface area contributed by atoms with Crippen LogP contribution in [0.3, 0.4) is 0 Å². The lowest BCUT2D eigenvalue weighted by Crippen LogP contribution is -2.47. The first kappa shape index (κ1) is 18.4. The maximum absolute atomic E-state index is 12.5. The van der Waals surface area contributed by atoms with Crippen LogP contribution in [0.15, 0.2) is 30.3 Å². The molecule has 0 spiro atoms. The van der Waals surface area contributed by atoms with Gasteiger partial charge in [0.25, 0.3) is 0 Å². The van der Waals surface area contributed by atoms with Crippen molar-refractivity contribution in [3.63, 3.8) is 0 Å². The normalized spacial score (nSPS) is 22.3. The smallest absolute Gasteiger partial charge is 0.223 e. The number of nitrogens with zero attached hydrogens (tertiary/aromatic N) is 1. The summed E-state index contributed by atoms with van der Waals surface area (Å²) < 4.78 is 24.5. The van der Waals surface area contributed by atoms with Crippen LogP contribution in [0, 0.1) is 11.8 Å². The molecule has 0 bridgehead atoms. The van der Waals surface area contributed by atoms with E-state index in [2.05, 4.69) is 5.32 Å². The second-order valence-electron chi connectivity index (χ2n) is 7.22. The minimum absolute atomic E-state index is 0.0943. The molecular formula is C18H26N2O4S. The largest absolute Gasteiger partial charge is 0.383 e. The number of sulfonamides is 1. The first-order chi connectivity index (χ1) is 11.8.